The van der Waals surface area contributed by atoms with E-state index in [1.807, 2.05) is 0 Å². The first-order valence-corrected chi connectivity index (χ1v) is 20.4. The van der Waals surface area contributed by atoms with Crippen LogP contribution < -0.4 is 14.2 Å². The van der Waals surface area contributed by atoms with Crippen molar-refractivity contribution in [2.45, 2.75) is 176 Å². The van der Waals surface area contributed by atoms with Crippen LogP contribution >= 0.6 is 0 Å². The Kier molecular flexibility index (Phi) is 14.2. The second-order valence-corrected chi connectivity index (χ2v) is 18.2. The van der Waals surface area contributed by atoms with E-state index in [1.54, 1.807) is 0 Å². The molecule has 3 aromatic rings. The van der Waals surface area contributed by atoms with E-state index >= 15 is 0 Å². The molecule has 0 spiro atoms. The first kappa shape index (κ1) is 40.8. The van der Waals surface area contributed by atoms with Crippen molar-refractivity contribution < 1.29 is 14.2 Å². The normalized spacial score (nSPS) is 14.8. The maximum absolute atomic E-state index is 6.69. The Balaban J connectivity index is 1.95. The van der Waals surface area contributed by atoms with Gasteiger partial charge in [-0.2, -0.15) is 0 Å². The van der Waals surface area contributed by atoms with E-state index < -0.39 is 0 Å². The number of ether oxygens (including phenoxy) is 3. The number of aryl methyl sites for hydroxylation is 6. The molecule has 0 atom stereocenters. The fourth-order valence-electron chi connectivity index (χ4n) is 7.25. The SMILES string of the molecule is CCCOc1c2cc(C(C)(C)C)cc1CCCc1cc(C(C)(C)C)cc(c1OCCC)CCCc1cc(C(C)(C)C)cc(c1OCCC)CCC2. The van der Waals surface area contributed by atoms with Gasteiger partial charge in [0.1, 0.15) is 17.2 Å². The summed E-state index contributed by atoms with van der Waals surface area (Å²) in [6.45, 7) is 29.9. The number of fused-ring (bicyclic) bond motifs is 6. The van der Waals surface area contributed by atoms with Gasteiger partial charge in [-0.05, 0) is 143 Å². The molecule has 282 valence electrons. The third kappa shape index (κ3) is 11.0. The highest BCUT2D eigenvalue weighted by atomic mass is 16.5. The van der Waals surface area contributed by atoms with Crippen LogP contribution in [0.1, 0.15) is 172 Å². The maximum Gasteiger partial charge on any atom is 0.125 e. The van der Waals surface area contributed by atoms with E-state index in [2.05, 4.69) is 119 Å². The van der Waals surface area contributed by atoms with Crippen molar-refractivity contribution >= 4 is 0 Å². The Morgan fingerprint density at radius 1 is 0.373 bits per heavy atom. The molecule has 51 heavy (non-hydrogen) atoms. The quantitative estimate of drug-likeness (QED) is 0.223. The minimum absolute atomic E-state index is 0.0536. The summed E-state index contributed by atoms with van der Waals surface area (Å²) < 4.78 is 20.1. The van der Waals surface area contributed by atoms with Crippen molar-refractivity contribution in [2.24, 2.45) is 0 Å². The Hall–Kier alpha value is -2.94. The largest absolute Gasteiger partial charge is 0.493 e. The second-order valence-electron chi connectivity index (χ2n) is 18.2. The van der Waals surface area contributed by atoms with Crippen LogP contribution in [0.5, 0.6) is 17.2 Å². The van der Waals surface area contributed by atoms with Gasteiger partial charge in [0.2, 0.25) is 0 Å². The zero-order chi connectivity index (χ0) is 37.4. The van der Waals surface area contributed by atoms with Crippen LogP contribution in [-0.4, -0.2) is 19.8 Å². The van der Waals surface area contributed by atoms with Crippen LogP contribution in [-0.2, 0) is 54.8 Å². The lowest BCUT2D eigenvalue weighted by Gasteiger charge is -2.26. The van der Waals surface area contributed by atoms with Gasteiger partial charge in [-0.3, -0.25) is 0 Å². The Morgan fingerprint density at radius 2 is 0.569 bits per heavy atom. The summed E-state index contributed by atoms with van der Waals surface area (Å²) in [4.78, 5) is 0. The summed E-state index contributed by atoms with van der Waals surface area (Å²) in [5, 5.41) is 0. The zero-order valence-electron chi connectivity index (χ0n) is 34.8. The summed E-state index contributed by atoms with van der Waals surface area (Å²) in [7, 11) is 0. The van der Waals surface area contributed by atoms with E-state index in [4.69, 9.17) is 14.2 Å². The molecule has 0 aromatic heterocycles. The molecule has 0 radical (unpaired) electrons. The van der Waals surface area contributed by atoms with Gasteiger partial charge in [0.25, 0.3) is 0 Å². The monoisotopic (exact) mass is 697 g/mol. The van der Waals surface area contributed by atoms with Gasteiger partial charge in [0.05, 0.1) is 19.8 Å². The third-order valence-electron chi connectivity index (χ3n) is 10.4. The average molecular weight is 697 g/mol. The fraction of sp³-hybridized carbons (Fsp3) is 0.625. The number of hydrogen-bond donors (Lipinski definition) is 0. The molecular weight excluding hydrogens is 625 g/mol. The summed E-state index contributed by atoms with van der Waals surface area (Å²) >= 11 is 0. The van der Waals surface area contributed by atoms with Crippen LogP contribution in [0, 0.1) is 0 Å². The fourth-order valence-corrected chi connectivity index (χ4v) is 7.25. The van der Waals surface area contributed by atoms with Crippen molar-refractivity contribution in [3.05, 3.63) is 86.5 Å². The number of rotatable bonds is 9. The predicted octanol–water partition coefficient (Wildman–Crippen LogP) is 12.8. The lowest BCUT2D eigenvalue weighted by atomic mass is 9.81. The van der Waals surface area contributed by atoms with Crippen LogP contribution in [0.2, 0.25) is 0 Å². The van der Waals surface area contributed by atoms with Crippen molar-refractivity contribution in [2.75, 3.05) is 19.8 Å². The lowest BCUT2D eigenvalue weighted by molar-refractivity contribution is 0.307. The van der Waals surface area contributed by atoms with E-state index in [-0.39, 0.29) is 16.2 Å². The molecule has 0 N–H and O–H groups in total. The highest BCUT2D eigenvalue weighted by Gasteiger charge is 2.24. The summed E-state index contributed by atoms with van der Waals surface area (Å²) in [6, 6.07) is 14.7. The molecule has 0 heterocycles. The van der Waals surface area contributed by atoms with E-state index in [9.17, 15) is 0 Å². The minimum atomic E-state index is 0.0536. The summed E-state index contributed by atoms with van der Waals surface area (Å²) in [5.41, 5.74) is 12.5. The van der Waals surface area contributed by atoms with Crippen molar-refractivity contribution in [3.63, 3.8) is 0 Å². The molecule has 0 fully saturated rings. The highest BCUT2D eigenvalue weighted by molar-refractivity contribution is 5.50. The molecule has 1 aliphatic carbocycles. The van der Waals surface area contributed by atoms with Crippen molar-refractivity contribution in [3.8, 4) is 17.2 Å². The van der Waals surface area contributed by atoms with Crippen LogP contribution in [0.3, 0.4) is 0 Å². The standard InChI is InChI=1S/C48H72O3/c1-13-25-49-43-34-19-16-21-36-30-41(47(7,8)9)32-38(44(36)50-26-14-2)23-18-24-39-33-42(48(10,11)12)31-37(45(39)51-27-15-3)22-17-20-35(43)29-40(28-34)46(4,5)6/h28-33H,13-27H2,1-12H3. The van der Waals surface area contributed by atoms with Crippen LogP contribution in [0.4, 0.5) is 0 Å². The molecule has 6 bridgehead atoms. The number of hydrogen-bond acceptors (Lipinski definition) is 3. The summed E-state index contributed by atoms with van der Waals surface area (Å²) in [5.74, 6) is 3.39. The molecule has 0 aliphatic heterocycles. The van der Waals surface area contributed by atoms with Gasteiger partial charge in [-0.1, -0.05) is 119 Å². The van der Waals surface area contributed by atoms with Gasteiger partial charge < -0.3 is 14.2 Å². The van der Waals surface area contributed by atoms with Crippen LogP contribution in [0.15, 0.2) is 36.4 Å². The smallest absolute Gasteiger partial charge is 0.125 e. The Bertz CT molecular complexity index is 1310. The first-order chi connectivity index (χ1) is 24.1. The van der Waals surface area contributed by atoms with E-state index in [1.165, 1.54) is 50.1 Å². The third-order valence-corrected chi connectivity index (χ3v) is 10.4. The molecule has 0 saturated heterocycles. The van der Waals surface area contributed by atoms with Crippen LogP contribution in [0.25, 0.3) is 0 Å². The first-order valence-electron chi connectivity index (χ1n) is 20.4. The lowest BCUT2D eigenvalue weighted by Crippen LogP contribution is -2.15. The Labute approximate surface area is 313 Å². The summed E-state index contributed by atoms with van der Waals surface area (Å²) in [6.07, 6.45) is 12.1. The van der Waals surface area contributed by atoms with E-state index in [0.29, 0.717) is 0 Å². The van der Waals surface area contributed by atoms with E-state index in [0.717, 1.165) is 114 Å². The Morgan fingerprint density at radius 3 is 0.725 bits per heavy atom. The van der Waals surface area contributed by atoms with Gasteiger partial charge in [0, 0.05) is 0 Å². The zero-order valence-corrected chi connectivity index (χ0v) is 34.8. The molecule has 0 saturated carbocycles. The molecule has 3 heteroatoms. The topological polar surface area (TPSA) is 27.7 Å². The van der Waals surface area contributed by atoms with Gasteiger partial charge in [-0.15, -0.1) is 0 Å². The van der Waals surface area contributed by atoms with Crippen molar-refractivity contribution in [1.82, 2.24) is 0 Å². The van der Waals surface area contributed by atoms with Crippen molar-refractivity contribution in [1.29, 1.82) is 0 Å². The molecule has 3 aromatic carbocycles. The molecule has 0 amide bonds. The maximum atomic E-state index is 6.69. The second kappa shape index (κ2) is 17.7. The predicted molar refractivity (Wildman–Crippen MR) is 219 cm³/mol. The van der Waals surface area contributed by atoms with Gasteiger partial charge in [0.15, 0.2) is 0 Å². The molecule has 1 aliphatic rings. The molecular formula is C48H72O3. The molecule has 3 nitrogen and oxygen atoms in total. The van der Waals surface area contributed by atoms with Gasteiger partial charge >= 0.3 is 0 Å². The highest BCUT2D eigenvalue weighted by Crippen LogP contribution is 2.39. The molecule has 4 rings (SSSR count). The number of benzene rings is 3. The molecule has 0 unspecified atom stereocenters. The van der Waals surface area contributed by atoms with Gasteiger partial charge in [-0.25, -0.2) is 0 Å². The average Bonchev–Trinajstić information content (AvgIpc) is 3.04. The minimum Gasteiger partial charge on any atom is -0.493 e.